The molecule has 0 aliphatic rings. The lowest BCUT2D eigenvalue weighted by Gasteiger charge is -2.11. The maximum Gasteiger partial charge on any atom is 0.0404 e. The number of hydrogen-bond acceptors (Lipinski definition) is 2. The van der Waals surface area contributed by atoms with Gasteiger partial charge < -0.3 is 5.32 Å². The van der Waals surface area contributed by atoms with E-state index in [0.29, 0.717) is 11.9 Å². The summed E-state index contributed by atoms with van der Waals surface area (Å²) in [5.74, 6) is 0.575. The highest BCUT2D eigenvalue weighted by Gasteiger charge is 2.01. The zero-order valence-electron chi connectivity index (χ0n) is 8.28. The number of pyridine rings is 1. The van der Waals surface area contributed by atoms with E-state index in [-0.39, 0.29) is 0 Å². The summed E-state index contributed by atoms with van der Waals surface area (Å²) >= 11 is 5.51. The Kier molecular flexibility index (Phi) is 5.27. The smallest absolute Gasteiger partial charge is 0.0404 e. The van der Waals surface area contributed by atoms with E-state index in [2.05, 4.69) is 17.2 Å². The number of rotatable bonds is 5. The van der Waals surface area contributed by atoms with Crippen molar-refractivity contribution in [3.8, 4) is 0 Å². The Morgan fingerprint density at radius 2 is 2.14 bits per heavy atom. The molecular weight excluding hydrogens is 196 g/mol. The zero-order chi connectivity index (χ0) is 10.2. The lowest BCUT2D eigenvalue weighted by molar-refractivity contribution is 0.616. The van der Waals surface area contributed by atoms with Crippen molar-refractivity contribution in [2.24, 2.45) is 0 Å². The van der Waals surface area contributed by atoms with Crippen LogP contribution in [0, 0.1) is 0 Å². The fourth-order valence-corrected chi connectivity index (χ4v) is 1.29. The molecule has 2 nitrogen and oxygen atoms in total. The molecule has 0 bridgehead atoms. The number of hydrogen-bond donors (Lipinski definition) is 1. The Hall–Kier alpha value is -0.860. The summed E-state index contributed by atoms with van der Waals surface area (Å²) in [4.78, 5) is 3.98. The van der Waals surface area contributed by atoms with Crippen LogP contribution in [0.25, 0.3) is 0 Å². The first-order valence-corrected chi connectivity index (χ1v) is 5.22. The van der Waals surface area contributed by atoms with E-state index < -0.39 is 0 Å². The van der Waals surface area contributed by atoms with Crippen LogP contribution in [0.1, 0.15) is 18.5 Å². The second-order valence-electron chi connectivity index (χ2n) is 3.04. The molecule has 1 N–H and O–H groups in total. The molecule has 14 heavy (non-hydrogen) atoms. The molecule has 1 aromatic heterocycles. The summed E-state index contributed by atoms with van der Waals surface area (Å²) in [6.45, 7) is 2.97. The third-order valence-electron chi connectivity index (χ3n) is 2.00. The van der Waals surface area contributed by atoms with Crippen molar-refractivity contribution in [3.05, 3.63) is 42.2 Å². The van der Waals surface area contributed by atoms with Gasteiger partial charge in [-0.3, -0.25) is 4.98 Å². The summed E-state index contributed by atoms with van der Waals surface area (Å²) in [5, 5.41) is 3.36. The molecule has 0 unspecified atom stereocenters. The Labute approximate surface area is 90.0 Å². The largest absolute Gasteiger partial charge is 0.307 e. The highest BCUT2D eigenvalue weighted by atomic mass is 35.5. The SMILES string of the molecule is C[C@H](NC/C=C/CCl)c1ccncc1. The van der Waals surface area contributed by atoms with Crippen LogP contribution in [0.2, 0.25) is 0 Å². The van der Waals surface area contributed by atoms with Gasteiger partial charge in [0.25, 0.3) is 0 Å². The van der Waals surface area contributed by atoms with Crippen LogP contribution in [0.3, 0.4) is 0 Å². The molecule has 0 spiro atoms. The quantitative estimate of drug-likeness (QED) is 0.597. The van der Waals surface area contributed by atoms with Gasteiger partial charge in [-0.2, -0.15) is 0 Å². The summed E-state index contributed by atoms with van der Waals surface area (Å²) in [6, 6.07) is 4.38. The van der Waals surface area contributed by atoms with Crippen LogP contribution in [0.4, 0.5) is 0 Å². The minimum atomic E-state index is 0.345. The Balaban J connectivity index is 2.36. The van der Waals surface area contributed by atoms with Crippen molar-refractivity contribution in [2.45, 2.75) is 13.0 Å². The predicted molar refractivity (Wildman–Crippen MR) is 60.5 cm³/mol. The van der Waals surface area contributed by atoms with E-state index in [1.54, 1.807) is 0 Å². The number of nitrogens with zero attached hydrogens (tertiary/aromatic N) is 1. The molecule has 1 atom stereocenters. The lowest BCUT2D eigenvalue weighted by atomic mass is 10.1. The van der Waals surface area contributed by atoms with Gasteiger partial charge >= 0.3 is 0 Å². The minimum absolute atomic E-state index is 0.345. The second-order valence-corrected chi connectivity index (χ2v) is 3.34. The minimum Gasteiger partial charge on any atom is -0.307 e. The number of alkyl halides is 1. The van der Waals surface area contributed by atoms with Gasteiger partial charge in [0, 0.05) is 30.9 Å². The van der Waals surface area contributed by atoms with Gasteiger partial charge in [0.05, 0.1) is 0 Å². The first-order chi connectivity index (χ1) is 6.84. The van der Waals surface area contributed by atoms with Gasteiger partial charge in [-0.05, 0) is 24.6 Å². The third kappa shape index (κ3) is 3.90. The van der Waals surface area contributed by atoms with Crippen LogP contribution in [0.5, 0.6) is 0 Å². The maximum absolute atomic E-state index is 5.51. The van der Waals surface area contributed by atoms with Crippen molar-refractivity contribution in [1.29, 1.82) is 0 Å². The Morgan fingerprint density at radius 1 is 1.43 bits per heavy atom. The predicted octanol–water partition coefficient (Wildman–Crippen LogP) is 2.53. The molecule has 0 aliphatic carbocycles. The number of aromatic nitrogens is 1. The second kappa shape index (κ2) is 6.57. The third-order valence-corrected chi connectivity index (χ3v) is 2.18. The number of nitrogens with one attached hydrogen (secondary N) is 1. The fraction of sp³-hybridized carbons (Fsp3) is 0.364. The maximum atomic E-state index is 5.51. The molecule has 76 valence electrons. The van der Waals surface area contributed by atoms with Crippen molar-refractivity contribution in [1.82, 2.24) is 10.3 Å². The standard InChI is InChI=1S/C11H15ClN2/c1-10(14-7-3-2-6-12)11-4-8-13-9-5-11/h2-5,8-10,14H,6-7H2,1H3/b3-2+/t10-/m0/s1. The summed E-state index contributed by atoms with van der Waals surface area (Å²) in [7, 11) is 0. The van der Waals surface area contributed by atoms with Crippen molar-refractivity contribution in [3.63, 3.8) is 0 Å². The molecular formula is C11H15ClN2. The first kappa shape index (κ1) is 11.2. The average Bonchev–Trinajstić information content (AvgIpc) is 2.25. The van der Waals surface area contributed by atoms with E-state index in [1.165, 1.54) is 5.56 Å². The molecule has 0 saturated carbocycles. The van der Waals surface area contributed by atoms with Crippen molar-refractivity contribution in [2.75, 3.05) is 12.4 Å². The van der Waals surface area contributed by atoms with Crippen molar-refractivity contribution >= 4 is 11.6 Å². The Bertz CT molecular complexity index is 272. The van der Waals surface area contributed by atoms with Gasteiger partial charge in [0.1, 0.15) is 0 Å². The molecule has 1 rings (SSSR count). The van der Waals surface area contributed by atoms with Crippen LogP contribution in [0.15, 0.2) is 36.7 Å². The molecule has 1 heterocycles. The normalized spacial score (nSPS) is 13.3. The van der Waals surface area contributed by atoms with Crippen molar-refractivity contribution < 1.29 is 0 Å². The molecule has 0 saturated heterocycles. The van der Waals surface area contributed by atoms with Gasteiger partial charge in [0.2, 0.25) is 0 Å². The van der Waals surface area contributed by atoms with E-state index in [9.17, 15) is 0 Å². The molecule has 0 amide bonds. The zero-order valence-corrected chi connectivity index (χ0v) is 9.04. The fourth-order valence-electron chi connectivity index (χ4n) is 1.16. The Morgan fingerprint density at radius 3 is 2.79 bits per heavy atom. The summed E-state index contributed by atoms with van der Waals surface area (Å²) in [6.07, 6.45) is 7.59. The van der Waals surface area contributed by atoms with Crippen LogP contribution >= 0.6 is 11.6 Å². The molecule has 0 radical (unpaired) electrons. The number of allylic oxidation sites excluding steroid dienone is 1. The van der Waals surface area contributed by atoms with Crippen LogP contribution in [-0.4, -0.2) is 17.4 Å². The van der Waals surface area contributed by atoms with E-state index in [0.717, 1.165) is 6.54 Å². The van der Waals surface area contributed by atoms with Gasteiger partial charge in [0.15, 0.2) is 0 Å². The molecule has 1 aromatic rings. The van der Waals surface area contributed by atoms with Crippen LogP contribution in [-0.2, 0) is 0 Å². The topological polar surface area (TPSA) is 24.9 Å². The monoisotopic (exact) mass is 210 g/mol. The van der Waals surface area contributed by atoms with Gasteiger partial charge in [-0.15, -0.1) is 11.6 Å². The number of halogens is 1. The summed E-state index contributed by atoms with van der Waals surface area (Å²) < 4.78 is 0. The average molecular weight is 211 g/mol. The molecule has 0 fully saturated rings. The molecule has 0 aromatic carbocycles. The van der Waals surface area contributed by atoms with E-state index in [4.69, 9.17) is 11.6 Å². The highest BCUT2D eigenvalue weighted by molar-refractivity contribution is 6.18. The molecule has 3 heteroatoms. The van der Waals surface area contributed by atoms with E-state index in [1.807, 2.05) is 36.7 Å². The lowest BCUT2D eigenvalue weighted by Crippen LogP contribution is -2.18. The van der Waals surface area contributed by atoms with E-state index >= 15 is 0 Å². The highest BCUT2D eigenvalue weighted by Crippen LogP contribution is 2.09. The van der Waals surface area contributed by atoms with Crippen LogP contribution < -0.4 is 5.32 Å². The summed E-state index contributed by atoms with van der Waals surface area (Å²) in [5.41, 5.74) is 1.25. The van der Waals surface area contributed by atoms with Gasteiger partial charge in [-0.1, -0.05) is 12.2 Å². The molecule has 0 aliphatic heterocycles. The first-order valence-electron chi connectivity index (χ1n) is 4.69. The van der Waals surface area contributed by atoms with Gasteiger partial charge in [-0.25, -0.2) is 0 Å².